The normalized spacial score (nSPS) is 14.0. The molecule has 0 aliphatic carbocycles. The number of benzene rings is 3. The van der Waals surface area contributed by atoms with E-state index in [-0.39, 0.29) is 17.3 Å². The van der Waals surface area contributed by atoms with E-state index >= 15 is 0 Å². The minimum absolute atomic E-state index is 0.0156. The summed E-state index contributed by atoms with van der Waals surface area (Å²) < 4.78 is 18.4. The van der Waals surface area contributed by atoms with Crippen molar-refractivity contribution < 1.29 is 23.9 Å². The zero-order valence-corrected chi connectivity index (χ0v) is 21.8. The molecule has 8 nitrogen and oxygen atoms in total. The van der Waals surface area contributed by atoms with Gasteiger partial charge in [-0.05, 0) is 58.8 Å². The molecule has 0 saturated heterocycles. The van der Waals surface area contributed by atoms with Crippen LogP contribution in [-0.4, -0.2) is 23.9 Å². The molecular formula is C25H18Br2N2O6. The second-order valence-electron chi connectivity index (χ2n) is 7.46. The van der Waals surface area contributed by atoms with Gasteiger partial charge in [-0.1, -0.05) is 40.2 Å². The molecule has 0 fully saturated rings. The second-order valence-corrected chi connectivity index (χ2v) is 9.17. The van der Waals surface area contributed by atoms with Crippen molar-refractivity contribution in [2.45, 2.75) is 13.5 Å². The number of aliphatic imine (C=N–C) groups is 1. The summed E-state index contributed by atoms with van der Waals surface area (Å²) in [7, 11) is 1.52. The van der Waals surface area contributed by atoms with Gasteiger partial charge >= 0.3 is 5.97 Å². The molecule has 0 aromatic heterocycles. The highest BCUT2D eigenvalue weighted by molar-refractivity contribution is 9.10. The summed E-state index contributed by atoms with van der Waals surface area (Å²) >= 11 is 7.02. The summed E-state index contributed by atoms with van der Waals surface area (Å²) in [6.45, 7) is 1.90. The highest BCUT2D eigenvalue weighted by Gasteiger charge is 2.27. The molecule has 4 rings (SSSR count). The van der Waals surface area contributed by atoms with Gasteiger partial charge in [0, 0.05) is 27.2 Å². The number of rotatable bonds is 7. The first-order chi connectivity index (χ1) is 16.8. The van der Waals surface area contributed by atoms with Crippen molar-refractivity contribution in [3.05, 3.63) is 102 Å². The quantitative estimate of drug-likeness (QED) is 0.135. The van der Waals surface area contributed by atoms with Gasteiger partial charge in [-0.15, -0.1) is 0 Å². The van der Waals surface area contributed by atoms with E-state index < -0.39 is 10.9 Å². The van der Waals surface area contributed by atoms with Crippen LogP contribution < -0.4 is 9.47 Å². The number of methoxy groups -OCH3 is 1. The number of cyclic esters (lactones) is 1. The molecule has 1 aliphatic rings. The van der Waals surface area contributed by atoms with E-state index in [1.807, 2.05) is 24.3 Å². The third kappa shape index (κ3) is 5.28. The Balaban J connectivity index is 1.63. The lowest BCUT2D eigenvalue weighted by molar-refractivity contribution is -0.385. The maximum absolute atomic E-state index is 12.5. The molecule has 1 aliphatic heterocycles. The van der Waals surface area contributed by atoms with Crippen LogP contribution in [-0.2, 0) is 16.1 Å². The Kier molecular flexibility index (Phi) is 7.32. The largest absolute Gasteiger partial charge is 0.493 e. The summed E-state index contributed by atoms with van der Waals surface area (Å²) in [6, 6.07) is 15.7. The first-order valence-electron chi connectivity index (χ1n) is 10.3. The Bertz CT molecular complexity index is 1400. The Morgan fingerprint density at radius 3 is 2.60 bits per heavy atom. The number of hydrogen-bond acceptors (Lipinski definition) is 7. The van der Waals surface area contributed by atoms with Crippen LogP contribution in [0.1, 0.15) is 22.3 Å². The summed E-state index contributed by atoms with van der Waals surface area (Å²) in [6.07, 6.45) is 1.55. The molecule has 0 spiro atoms. The topological polar surface area (TPSA) is 100 Å². The van der Waals surface area contributed by atoms with Gasteiger partial charge in [0.05, 0.1) is 16.5 Å². The lowest BCUT2D eigenvalue weighted by Crippen LogP contribution is -2.08. The zero-order chi connectivity index (χ0) is 25.1. The molecule has 1 heterocycles. The fraction of sp³-hybridized carbons (Fsp3) is 0.120. The van der Waals surface area contributed by atoms with Gasteiger partial charge in [-0.25, -0.2) is 9.79 Å². The molecule has 3 aromatic rings. The Hall–Kier alpha value is -3.50. The number of carbonyl (C=O) groups excluding carboxylic acids is 1. The average molecular weight is 602 g/mol. The van der Waals surface area contributed by atoms with Crippen molar-refractivity contribution in [2.24, 2.45) is 4.99 Å². The van der Waals surface area contributed by atoms with Crippen LogP contribution in [0.2, 0.25) is 0 Å². The predicted molar refractivity (Wildman–Crippen MR) is 138 cm³/mol. The molecule has 10 heteroatoms. The smallest absolute Gasteiger partial charge is 0.363 e. The van der Waals surface area contributed by atoms with Gasteiger partial charge in [0.15, 0.2) is 17.2 Å². The highest BCUT2D eigenvalue weighted by Crippen LogP contribution is 2.38. The van der Waals surface area contributed by atoms with Crippen molar-refractivity contribution in [1.82, 2.24) is 0 Å². The lowest BCUT2D eigenvalue weighted by atomic mass is 10.1. The van der Waals surface area contributed by atoms with Crippen molar-refractivity contribution >= 4 is 55.5 Å². The summed E-state index contributed by atoms with van der Waals surface area (Å²) in [5, 5.41) is 11.2. The molecule has 0 N–H and O–H groups in total. The average Bonchev–Trinajstić information content (AvgIpc) is 3.18. The molecule has 0 radical (unpaired) electrons. The first kappa shape index (κ1) is 24.6. The van der Waals surface area contributed by atoms with E-state index in [4.69, 9.17) is 14.2 Å². The third-order valence-corrected chi connectivity index (χ3v) is 6.60. The number of esters is 1. The minimum atomic E-state index is -0.657. The fourth-order valence-electron chi connectivity index (χ4n) is 3.46. The summed E-state index contributed by atoms with van der Waals surface area (Å²) in [5.74, 6) is 0.330. The van der Waals surface area contributed by atoms with Crippen molar-refractivity contribution in [3.8, 4) is 11.5 Å². The highest BCUT2D eigenvalue weighted by atomic mass is 79.9. The number of hydrogen-bond donors (Lipinski definition) is 0. The van der Waals surface area contributed by atoms with E-state index in [0.29, 0.717) is 39.3 Å². The SMILES string of the molecule is COc1cc(/C=C2\N=C(c3cccc([N+](=O)[O-])c3C)OC2=O)cc(Br)c1OCc1ccccc1Br. The molecule has 0 amide bonds. The first-order valence-corrected chi connectivity index (χ1v) is 11.9. The molecule has 0 saturated carbocycles. The van der Waals surface area contributed by atoms with Gasteiger partial charge in [-0.2, -0.15) is 0 Å². The molecule has 0 unspecified atom stereocenters. The fourth-order valence-corrected chi connectivity index (χ4v) is 4.44. The van der Waals surface area contributed by atoms with Crippen LogP contribution in [0.5, 0.6) is 11.5 Å². The Labute approximate surface area is 217 Å². The van der Waals surface area contributed by atoms with E-state index in [1.54, 1.807) is 31.2 Å². The van der Waals surface area contributed by atoms with Crippen LogP contribution >= 0.6 is 31.9 Å². The maximum Gasteiger partial charge on any atom is 0.363 e. The number of nitro benzene ring substituents is 1. The van der Waals surface area contributed by atoms with Gasteiger partial charge in [0.2, 0.25) is 5.90 Å². The number of ether oxygens (including phenoxy) is 3. The molecule has 0 bridgehead atoms. The van der Waals surface area contributed by atoms with Gasteiger partial charge in [0.25, 0.3) is 5.69 Å². The van der Waals surface area contributed by atoms with E-state index in [9.17, 15) is 14.9 Å². The monoisotopic (exact) mass is 600 g/mol. The molecule has 3 aromatic carbocycles. The van der Waals surface area contributed by atoms with Crippen LogP contribution in [0.15, 0.2) is 74.2 Å². The minimum Gasteiger partial charge on any atom is -0.493 e. The Morgan fingerprint density at radius 2 is 1.89 bits per heavy atom. The number of carbonyl (C=O) groups is 1. The van der Waals surface area contributed by atoms with Gasteiger partial charge in [0.1, 0.15) is 6.61 Å². The van der Waals surface area contributed by atoms with Gasteiger partial charge < -0.3 is 14.2 Å². The second kappa shape index (κ2) is 10.4. The van der Waals surface area contributed by atoms with Crippen LogP contribution in [0, 0.1) is 17.0 Å². The summed E-state index contributed by atoms with van der Waals surface area (Å²) in [4.78, 5) is 27.5. The molecule has 35 heavy (non-hydrogen) atoms. The van der Waals surface area contributed by atoms with Crippen LogP contribution in [0.4, 0.5) is 5.69 Å². The van der Waals surface area contributed by atoms with E-state index in [0.717, 1.165) is 10.0 Å². The maximum atomic E-state index is 12.5. The number of nitrogens with zero attached hydrogens (tertiary/aromatic N) is 2. The van der Waals surface area contributed by atoms with Gasteiger partial charge in [-0.3, -0.25) is 10.1 Å². The number of halogens is 2. The summed E-state index contributed by atoms with van der Waals surface area (Å²) in [5.41, 5.74) is 2.31. The van der Waals surface area contributed by atoms with E-state index in [1.165, 1.54) is 19.2 Å². The predicted octanol–water partition coefficient (Wildman–Crippen LogP) is 6.36. The lowest BCUT2D eigenvalue weighted by Gasteiger charge is -2.14. The number of nitro groups is 1. The van der Waals surface area contributed by atoms with Crippen molar-refractivity contribution in [2.75, 3.05) is 7.11 Å². The molecule has 0 atom stereocenters. The Morgan fingerprint density at radius 1 is 1.11 bits per heavy atom. The van der Waals surface area contributed by atoms with Crippen molar-refractivity contribution in [1.29, 1.82) is 0 Å². The third-order valence-electron chi connectivity index (χ3n) is 5.24. The van der Waals surface area contributed by atoms with E-state index in [2.05, 4.69) is 36.9 Å². The zero-order valence-electron chi connectivity index (χ0n) is 18.6. The van der Waals surface area contributed by atoms with Crippen LogP contribution in [0.25, 0.3) is 6.08 Å². The molecule has 178 valence electrons. The van der Waals surface area contributed by atoms with Crippen molar-refractivity contribution in [3.63, 3.8) is 0 Å². The standard InChI is InChI=1S/C25H18Br2N2O6/c1-14-17(7-5-9-21(14)29(31)32)24-28-20(25(30)35-24)11-15-10-19(27)23(22(12-15)33-2)34-13-16-6-3-4-8-18(16)26/h3-12H,13H2,1-2H3/b20-11-. The van der Waals surface area contributed by atoms with Crippen LogP contribution in [0.3, 0.4) is 0 Å². The molecular weight excluding hydrogens is 584 g/mol.